The number of hydrogen-bond acceptors (Lipinski definition) is 8. The van der Waals surface area contributed by atoms with Crippen molar-refractivity contribution in [2.45, 2.75) is 12.1 Å². The Bertz CT molecular complexity index is 1290. The summed E-state index contributed by atoms with van der Waals surface area (Å²) in [5, 5.41) is 8.75. The zero-order valence-corrected chi connectivity index (χ0v) is 21.7. The van der Waals surface area contributed by atoms with Crippen LogP contribution in [-0.4, -0.2) is 74.5 Å². The van der Waals surface area contributed by atoms with E-state index in [1.165, 1.54) is 20.3 Å². The maximum Gasteiger partial charge on any atom is 0.243 e. The van der Waals surface area contributed by atoms with E-state index in [-0.39, 0.29) is 23.9 Å². The molecule has 10 nitrogen and oxygen atoms in total. The second-order valence-corrected chi connectivity index (χ2v) is 8.93. The fourth-order valence-corrected chi connectivity index (χ4v) is 4.52. The summed E-state index contributed by atoms with van der Waals surface area (Å²) in [7, 11) is 6.73. The number of pyridine rings is 1. The molecular weight excluding hydrogens is 507 g/mol. The van der Waals surface area contributed by atoms with Crippen molar-refractivity contribution in [3.8, 4) is 22.8 Å². The number of amides is 1. The van der Waals surface area contributed by atoms with Gasteiger partial charge in [-0.2, -0.15) is 0 Å². The van der Waals surface area contributed by atoms with Crippen LogP contribution in [0.15, 0.2) is 31.0 Å². The third-order valence-corrected chi connectivity index (χ3v) is 6.38. The molecule has 0 saturated carbocycles. The molecule has 0 bridgehead atoms. The number of carbonyl (C=O) groups is 1. The van der Waals surface area contributed by atoms with E-state index in [1.54, 1.807) is 18.3 Å². The zero-order valence-electron chi connectivity index (χ0n) is 20.2. The van der Waals surface area contributed by atoms with Crippen LogP contribution in [0.4, 0.5) is 11.8 Å². The fourth-order valence-electron chi connectivity index (χ4n) is 3.82. The molecule has 1 aromatic carbocycles. The first kappa shape index (κ1) is 25.7. The first-order valence-electron chi connectivity index (χ1n) is 10.9. The van der Waals surface area contributed by atoms with Crippen molar-refractivity contribution >= 4 is 51.8 Å². The van der Waals surface area contributed by atoms with E-state index >= 15 is 0 Å². The number of nitrogens with one attached hydrogen (secondary N) is 1. The Morgan fingerprint density at radius 2 is 1.89 bits per heavy atom. The minimum Gasteiger partial charge on any atom is -0.495 e. The third kappa shape index (κ3) is 4.97. The number of carbonyl (C=O) groups excluding carboxylic acids is 1. The molecule has 0 aliphatic carbocycles. The van der Waals surface area contributed by atoms with Crippen LogP contribution < -0.4 is 19.7 Å². The van der Waals surface area contributed by atoms with Crippen LogP contribution in [0, 0.1) is 0 Å². The fraction of sp³-hybridized carbons (Fsp3) is 0.333. The number of halogens is 2. The maximum atomic E-state index is 11.7. The molecule has 3 heterocycles. The molecule has 0 spiro atoms. The number of methoxy groups -OCH3 is 2. The minimum atomic E-state index is -0.330. The topological polar surface area (TPSA) is 113 Å². The van der Waals surface area contributed by atoms with Crippen LogP contribution >= 0.6 is 23.2 Å². The van der Waals surface area contributed by atoms with Crippen molar-refractivity contribution in [3.05, 3.63) is 46.3 Å². The number of benzene rings is 1. The largest absolute Gasteiger partial charge is 0.495 e. The van der Waals surface area contributed by atoms with Crippen molar-refractivity contribution in [3.63, 3.8) is 0 Å². The average Bonchev–Trinajstić information content (AvgIpc) is 3.29. The molecule has 36 heavy (non-hydrogen) atoms. The Balaban J connectivity index is 1.76. The molecule has 2 atom stereocenters. The number of hydrogen-bond donors (Lipinski definition) is 1. The van der Waals surface area contributed by atoms with Gasteiger partial charge in [0.05, 0.1) is 49.2 Å². The van der Waals surface area contributed by atoms with Gasteiger partial charge in [0.15, 0.2) is 0 Å². The standard InChI is InChI=1S/C24H26Cl2N6O4/c1-6-18(33)28-14-10-36-11-15(14)30-24-27-9-12-7-13(29-23(32(2)3)22(12)31-24)19-20(25)16(34-4)8-17(35-5)21(19)26/h6-9,14-15H,1,10-11H2,2-5H3,(H2,27,28,30,31,33)/p-1. The lowest BCUT2D eigenvalue weighted by atomic mass is 10.1. The van der Waals surface area contributed by atoms with Crippen LogP contribution in [0.5, 0.6) is 11.5 Å². The summed E-state index contributed by atoms with van der Waals surface area (Å²) in [5.41, 5.74) is 1.56. The van der Waals surface area contributed by atoms with Crippen LogP contribution in [-0.2, 0) is 9.53 Å². The molecule has 1 N–H and O–H groups in total. The van der Waals surface area contributed by atoms with E-state index in [0.29, 0.717) is 62.7 Å². The summed E-state index contributed by atoms with van der Waals surface area (Å²) in [4.78, 5) is 27.4. The quantitative estimate of drug-likeness (QED) is 0.431. The van der Waals surface area contributed by atoms with Gasteiger partial charge >= 0.3 is 0 Å². The first-order chi connectivity index (χ1) is 17.3. The smallest absolute Gasteiger partial charge is 0.243 e. The number of rotatable bonds is 8. The molecule has 2 aromatic heterocycles. The van der Waals surface area contributed by atoms with Crippen molar-refractivity contribution < 1.29 is 19.0 Å². The minimum absolute atomic E-state index is 0.257. The highest BCUT2D eigenvalue weighted by Crippen LogP contribution is 2.46. The second kappa shape index (κ2) is 10.7. The van der Waals surface area contributed by atoms with Crippen LogP contribution in [0.25, 0.3) is 27.5 Å². The molecule has 4 rings (SSSR count). The number of anilines is 1. The molecule has 1 aliphatic rings. The van der Waals surface area contributed by atoms with Crippen LogP contribution in [0.2, 0.25) is 10.0 Å². The predicted molar refractivity (Wildman–Crippen MR) is 140 cm³/mol. The summed E-state index contributed by atoms with van der Waals surface area (Å²) < 4.78 is 16.3. The lowest BCUT2D eigenvalue weighted by Gasteiger charge is -2.25. The molecule has 190 valence electrons. The van der Waals surface area contributed by atoms with Crippen LogP contribution in [0.1, 0.15) is 0 Å². The lowest BCUT2D eigenvalue weighted by molar-refractivity contribution is -0.117. The highest BCUT2D eigenvalue weighted by atomic mass is 35.5. The Kier molecular flexibility index (Phi) is 7.67. The van der Waals surface area contributed by atoms with Crippen molar-refractivity contribution in [2.75, 3.05) is 46.4 Å². The Morgan fingerprint density at radius 3 is 2.50 bits per heavy atom. The lowest BCUT2D eigenvalue weighted by Crippen LogP contribution is -2.41. The van der Waals surface area contributed by atoms with Gasteiger partial charge in [0.25, 0.3) is 0 Å². The molecule has 1 fully saturated rings. The molecule has 3 aromatic rings. The number of aromatic nitrogens is 3. The van der Waals surface area contributed by atoms with Crippen molar-refractivity contribution in [1.29, 1.82) is 0 Å². The van der Waals surface area contributed by atoms with E-state index in [9.17, 15) is 4.79 Å². The highest BCUT2D eigenvalue weighted by molar-refractivity contribution is 6.41. The molecule has 1 saturated heterocycles. The Labute approximate surface area is 218 Å². The summed E-state index contributed by atoms with van der Waals surface area (Å²) in [5.74, 6) is 1.34. The summed E-state index contributed by atoms with van der Waals surface area (Å²) in [6, 6.07) is 2.79. The van der Waals surface area contributed by atoms with E-state index in [4.69, 9.17) is 42.4 Å². The van der Waals surface area contributed by atoms with Crippen LogP contribution in [0.3, 0.4) is 0 Å². The second-order valence-electron chi connectivity index (χ2n) is 8.17. The summed E-state index contributed by atoms with van der Waals surface area (Å²) in [6.45, 7) is 4.17. The van der Waals surface area contributed by atoms with E-state index in [1.807, 2.05) is 19.0 Å². The maximum absolute atomic E-state index is 11.7. The predicted octanol–water partition coefficient (Wildman–Crippen LogP) is 4.16. The molecule has 2 unspecified atom stereocenters. The molecule has 1 aliphatic heterocycles. The molecule has 12 heteroatoms. The Morgan fingerprint density at radius 1 is 1.19 bits per heavy atom. The summed E-state index contributed by atoms with van der Waals surface area (Å²) in [6.07, 6.45) is 2.87. The van der Waals surface area contributed by atoms with E-state index < -0.39 is 0 Å². The van der Waals surface area contributed by atoms with Crippen molar-refractivity contribution in [2.24, 2.45) is 0 Å². The monoisotopic (exact) mass is 531 g/mol. The van der Waals surface area contributed by atoms with Gasteiger partial charge in [0.1, 0.15) is 17.3 Å². The van der Waals surface area contributed by atoms with E-state index in [2.05, 4.69) is 27.2 Å². The van der Waals surface area contributed by atoms with Gasteiger partial charge in [0, 0.05) is 43.2 Å². The third-order valence-electron chi connectivity index (χ3n) is 5.63. The van der Waals surface area contributed by atoms with Gasteiger partial charge in [-0.25, -0.2) is 4.98 Å². The van der Waals surface area contributed by atoms with E-state index in [0.717, 1.165) is 0 Å². The highest BCUT2D eigenvalue weighted by Gasteiger charge is 2.27. The summed E-state index contributed by atoms with van der Waals surface area (Å²) >= 11 is 13.3. The van der Waals surface area contributed by atoms with Gasteiger partial charge in [-0.05, 0) is 23.7 Å². The number of fused-ring (bicyclic) bond motifs is 1. The normalized spacial score (nSPS) is 17.1. The van der Waals surface area contributed by atoms with Gasteiger partial charge in [0.2, 0.25) is 5.91 Å². The van der Waals surface area contributed by atoms with Gasteiger partial charge in [-0.1, -0.05) is 29.8 Å². The zero-order chi connectivity index (χ0) is 26.0. The van der Waals surface area contributed by atoms with Gasteiger partial charge in [-0.3, -0.25) is 4.79 Å². The molecule has 1 amide bonds. The van der Waals surface area contributed by atoms with Crippen molar-refractivity contribution in [1.82, 2.24) is 20.3 Å². The molecular formula is C24H25Cl2N6O4-. The number of nitrogens with zero attached hydrogens (tertiary/aromatic N) is 5. The van der Waals surface area contributed by atoms with Gasteiger partial charge < -0.3 is 39.7 Å². The SMILES string of the molecule is C=CC(=O)NC1COCC1[N-]c1ncc2cc(-c3c(Cl)c(OC)cc(OC)c3Cl)nc(N(C)C)c2n1. The first-order valence-corrected chi connectivity index (χ1v) is 11.7. The Hall–Kier alpha value is -3.34. The molecule has 0 radical (unpaired) electrons. The number of ether oxygens (including phenoxy) is 3. The average molecular weight is 532 g/mol. The van der Waals surface area contributed by atoms with Gasteiger partial charge in [-0.15, -0.1) is 0 Å².